The molecule has 2 heterocycles. The fraction of sp³-hybridized carbons (Fsp3) is 0.0690. The summed E-state index contributed by atoms with van der Waals surface area (Å²) in [7, 11) is -1.24. The van der Waals surface area contributed by atoms with E-state index < -0.39 is 8.15 Å². The lowest BCUT2D eigenvalue weighted by Crippen LogP contribution is -2.20. The summed E-state index contributed by atoms with van der Waals surface area (Å²) in [5.74, 6) is 0.349. The lowest BCUT2D eigenvalue weighted by atomic mass is 10.1. The molecule has 6 aromatic rings. The second kappa shape index (κ2) is 8.61. The van der Waals surface area contributed by atoms with Crippen molar-refractivity contribution in [2.45, 2.75) is 13.8 Å². The van der Waals surface area contributed by atoms with Crippen molar-refractivity contribution in [2.75, 3.05) is 0 Å². The van der Waals surface area contributed by atoms with Crippen LogP contribution in [0.5, 0.6) is 5.88 Å². The van der Waals surface area contributed by atoms with E-state index in [1.54, 1.807) is 4.40 Å². The topological polar surface area (TPSA) is 56.5 Å². The Morgan fingerprint density at radius 1 is 0.743 bits per heavy atom. The number of benzene rings is 4. The maximum atomic E-state index is 13.8. The maximum Gasteiger partial charge on any atom is 0.266 e. The van der Waals surface area contributed by atoms with Crippen LogP contribution in [-0.4, -0.2) is 14.4 Å². The van der Waals surface area contributed by atoms with Crippen LogP contribution >= 0.6 is 8.15 Å². The van der Waals surface area contributed by atoms with E-state index in [2.05, 4.69) is 24.3 Å². The quantitative estimate of drug-likeness (QED) is 0.194. The average Bonchev–Trinajstić information content (AvgIpc) is 2.90. The number of hydrogen-bond acceptors (Lipinski definition) is 4. The van der Waals surface area contributed by atoms with Gasteiger partial charge in [-0.3, -0.25) is 9.20 Å². The number of rotatable bonds is 4. The Bertz CT molecular complexity index is 1730. The summed E-state index contributed by atoms with van der Waals surface area (Å²) in [6.07, 6.45) is 0. The molecule has 6 heteroatoms. The van der Waals surface area contributed by atoms with Crippen LogP contribution in [0.2, 0.25) is 0 Å². The van der Waals surface area contributed by atoms with Crippen molar-refractivity contribution < 1.29 is 4.52 Å². The van der Waals surface area contributed by atoms with Gasteiger partial charge in [0.15, 0.2) is 8.15 Å². The third-order valence-electron chi connectivity index (χ3n) is 6.26. The summed E-state index contributed by atoms with van der Waals surface area (Å²) in [5, 5.41) is 2.69. The molecule has 35 heavy (non-hydrogen) atoms. The molecule has 0 radical (unpaired) electrons. The Hall–Kier alpha value is -4.08. The van der Waals surface area contributed by atoms with Crippen LogP contribution < -0.4 is 20.7 Å². The predicted molar refractivity (Wildman–Crippen MR) is 143 cm³/mol. The van der Waals surface area contributed by atoms with Crippen molar-refractivity contribution >= 4 is 46.3 Å². The number of aromatic nitrogens is 3. The van der Waals surface area contributed by atoms with Gasteiger partial charge in [0.2, 0.25) is 5.65 Å². The van der Waals surface area contributed by atoms with E-state index in [0.29, 0.717) is 33.5 Å². The van der Waals surface area contributed by atoms with Gasteiger partial charge in [0.05, 0.1) is 21.9 Å². The van der Waals surface area contributed by atoms with E-state index in [-0.39, 0.29) is 5.56 Å². The molecule has 0 saturated carbocycles. The third-order valence-corrected chi connectivity index (χ3v) is 8.15. The molecule has 170 valence electrons. The zero-order valence-electron chi connectivity index (χ0n) is 19.3. The second-order valence-corrected chi connectivity index (χ2v) is 10.2. The molecular formula is C29H22N3O2P. The molecule has 4 aromatic carbocycles. The Morgan fingerprint density at radius 3 is 2.06 bits per heavy atom. The molecule has 0 bridgehead atoms. The highest BCUT2D eigenvalue weighted by Gasteiger charge is 2.22. The molecule has 2 aromatic heterocycles. The Kier molecular flexibility index (Phi) is 5.28. The van der Waals surface area contributed by atoms with Gasteiger partial charge in [0.25, 0.3) is 11.4 Å². The summed E-state index contributed by atoms with van der Waals surface area (Å²) in [6.45, 7) is 4.02. The lowest BCUT2D eigenvalue weighted by molar-refractivity contribution is 0.605. The van der Waals surface area contributed by atoms with E-state index in [1.165, 1.54) is 0 Å². The summed E-state index contributed by atoms with van der Waals surface area (Å²) in [6, 6.07) is 31.7. The largest absolute Gasteiger partial charge is 0.444 e. The summed E-state index contributed by atoms with van der Waals surface area (Å²) in [4.78, 5) is 23.6. The van der Waals surface area contributed by atoms with E-state index in [1.807, 2.05) is 86.6 Å². The maximum absolute atomic E-state index is 13.8. The van der Waals surface area contributed by atoms with Crippen molar-refractivity contribution in [3.8, 4) is 5.88 Å². The first kappa shape index (κ1) is 21.5. The van der Waals surface area contributed by atoms with Crippen molar-refractivity contribution in [3.05, 3.63) is 119 Å². The molecule has 0 saturated heterocycles. The smallest absolute Gasteiger partial charge is 0.266 e. The number of hydrogen-bond donors (Lipinski definition) is 0. The van der Waals surface area contributed by atoms with Gasteiger partial charge in [-0.1, -0.05) is 78.9 Å². The average molecular weight is 475 g/mol. The van der Waals surface area contributed by atoms with Crippen LogP contribution in [0.4, 0.5) is 0 Å². The van der Waals surface area contributed by atoms with Crippen molar-refractivity contribution in [3.63, 3.8) is 0 Å². The SMILES string of the molecule is Cc1ccc2c(=O)n3c(nc2c1C)c(OP(c1ccccc1)c1ccccc1)nc1ccccc13. The molecule has 0 unspecified atom stereocenters. The fourth-order valence-corrected chi connectivity index (χ4v) is 5.98. The van der Waals surface area contributed by atoms with Gasteiger partial charge in [-0.15, -0.1) is 0 Å². The molecule has 0 N–H and O–H groups in total. The van der Waals surface area contributed by atoms with Gasteiger partial charge in [-0.05, 0) is 43.2 Å². The van der Waals surface area contributed by atoms with E-state index in [9.17, 15) is 4.79 Å². The first-order chi connectivity index (χ1) is 17.1. The second-order valence-electron chi connectivity index (χ2n) is 8.44. The highest BCUT2D eigenvalue weighted by Crippen LogP contribution is 2.38. The number of fused-ring (bicyclic) bond motifs is 4. The minimum Gasteiger partial charge on any atom is -0.444 e. The first-order valence-electron chi connectivity index (χ1n) is 11.4. The molecule has 0 aliphatic carbocycles. The summed E-state index contributed by atoms with van der Waals surface area (Å²) >= 11 is 0. The fourth-order valence-electron chi connectivity index (χ4n) is 4.29. The van der Waals surface area contributed by atoms with Crippen LogP contribution in [0.1, 0.15) is 11.1 Å². The normalized spacial score (nSPS) is 11.5. The van der Waals surface area contributed by atoms with Gasteiger partial charge in [-0.25, -0.2) is 9.97 Å². The third kappa shape index (κ3) is 3.65. The molecule has 5 nitrogen and oxygen atoms in total. The predicted octanol–water partition coefficient (Wildman–Crippen LogP) is 5.44. The molecule has 0 aliphatic rings. The zero-order valence-corrected chi connectivity index (χ0v) is 20.2. The highest BCUT2D eigenvalue weighted by molar-refractivity contribution is 7.68. The van der Waals surface area contributed by atoms with Gasteiger partial charge in [0, 0.05) is 10.6 Å². The Morgan fingerprint density at radius 2 is 1.37 bits per heavy atom. The van der Waals surface area contributed by atoms with Crippen LogP contribution in [-0.2, 0) is 0 Å². The van der Waals surface area contributed by atoms with Gasteiger partial charge in [0.1, 0.15) is 0 Å². The minimum atomic E-state index is -1.24. The summed E-state index contributed by atoms with van der Waals surface area (Å²) in [5.41, 5.74) is 4.43. The number of para-hydroxylation sites is 2. The highest BCUT2D eigenvalue weighted by atomic mass is 31.1. The summed E-state index contributed by atoms with van der Waals surface area (Å²) < 4.78 is 8.35. The molecule has 0 spiro atoms. The number of nitrogens with zero attached hydrogens (tertiary/aromatic N) is 3. The molecule has 0 fully saturated rings. The molecule has 0 aliphatic heterocycles. The van der Waals surface area contributed by atoms with Crippen molar-refractivity contribution in [2.24, 2.45) is 0 Å². The van der Waals surface area contributed by atoms with Crippen molar-refractivity contribution in [1.82, 2.24) is 14.4 Å². The zero-order chi connectivity index (χ0) is 23.9. The number of aryl methyl sites for hydroxylation is 2. The van der Waals surface area contributed by atoms with Crippen LogP contribution in [0.25, 0.3) is 27.6 Å². The van der Waals surface area contributed by atoms with E-state index in [0.717, 1.165) is 21.7 Å². The van der Waals surface area contributed by atoms with Gasteiger partial charge in [-0.2, -0.15) is 0 Å². The molecule has 0 amide bonds. The van der Waals surface area contributed by atoms with Crippen LogP contribution in [0.15, 0.2) is 102 Å². The first-order valence-corrected chi connectivity index (χ1v) is 12.7. The van der Waals surface area contributed by atoms with E-state index >= 15 is 0 Å². The van der Waals surface area contributed by atoms with Gasteiger partial charge < -0.3 is 4.52 Å². The monoisotopic (exact) mass is 475 g/mol. The Balaban J connectivity index is 1.67. The lowest BCUT2D eigenvalue weighted by Gasteiger charge is -2.20. The molecule has 0 atom stereocenters. The van der Waals surface area contributed by atoms with Crippen molar-refractivity contribution in [1.29, 1.82) is 0 Å². The van der Waals surface area contributed by atoms with Crippen LogP contribution in [0.3, 0.4) is 0 Å². The standard InChI is InChI=1S/C29H22N3O2P/c1-19-17-18-23-26(20(19)2)31-27-28(30-24-15-9-10-16-25(24)32(27)29(23)33)34-35(21-11-5-3-6-12-21)22-13-7-4-8-14-22/h3-18H,1-2H3. The van der Waals surface area contributed by atoms with Crippen LogP contribution in [0, 0.1) is 13.8 Å². The molecule has 6 rings (SSSR count). The van der Waals surface area contributed by atoms with Gasteiger partial charge >= 0.3 is 0 Å². The Labute approximate surface area is 203 Å². The molecular weight excluding hydrogens is 453 g/mol. The minimum absolute atomic E-state index is 0.125. The van der Waals surface area contributed by atoms with E-state index in [4.69, 9.17) is 14.5 Å².